The van der Waals surface area contributed by atoms with Crippen molar-refractivity contribution >= 4 is 56.5 Å². The summed E-state index contributed by atoms with van der Waals surface area (Å²) in [6.07, 6.45) is 3.72. The molecule has 0 spiro atoms. The number of hydrogen-bond donors (Lipinski definition) is 0. The molecule has 4 aromatic rings. The van der Waals surface area contributed by atoms with Gasteiger partial charge in [0, 0.05) is 16.8 Å². The lowest BCUT2D eigenvalue weighted by atomic mass is 10.0. The molecule has 9 heteroatoms. The Morgan fingerprint density at radius 3 is 2.87 bits per heavy atom. The summed E-state index contributed by atoms with van der Waals surface area (Å²) in [5.41, 5.74) is 1.76. The summed E-state index contributed by atoms with van der Waals surface area (Å²) in [4.78, 5) is 23.0. The summed E-state index contributed by atoms with van der Waals surface area (Å²) in [6, 6.07) is 12.9. The van der Waals surface area contributed by atoms with Gasteiger partial charge in [0.2, 0.25) is 0 Å². The smallest absolute Gasteiger partial charge is 0.256 e. The number of amides is 1. The minimum Gasteiger partial charge on any atom is -0.467 e. The maximum absolute atomic E-state index is 13.5. The van der Waals surface area contributed by atoms with E-state index in [0.29, 0.717) is 17.2 Å². The molecule has 2 atom stereocenters. The van der Waals surface area contributed by atoms with Gasteiger partial charge in [0.25, 0.3) is 5.91 Å². The lowest BCUT2D eigenvalue weighted by Gasteiger charge is -2.22. The molecule has 4 heterocycles. The highest BCUT2D eigenvalue weighted by Crippen LogP contribution is 2.37. The van der Waals surface area contributed by atoms with Crippen LogP contribution in [-0.2, 0) is 4.79 Å². The van der Waals surface area contributed by atoms with Crippen LogP contribution < -0.4 is 0 Å². The maximum Gasteiger partial charge on any atom is 0.256 e. The van der Waals surface area contributed by atoms with Crippen LogP contribution in [0, 0.1) is 0 Å². The van der Waals surface area contributed by atoms with E-state index in [-0.39, 0.29) is 17.2 Å². The van der Waals surface area contributed by atoms with Crippen LogP contribution in [0.15, 0.2) is 75.0 Å². The average Bonchev–Trinajstić information content (AvgIpc) is 3.53. The Morgan fingerprint density at radius 1 is 1.26 bits per heavy atom. The summed E-state index contributed by atoms with van der Waals surface area (Å²) in [7, 11) is 0. The predicted octanol–water partition coefficient (Wildman–Crippen LogP) is 5.80. The predicted molar refractivity (Wildman–Crippen MR) is 124 cm³/mol. The van der Waals surface area contributed by atoms with Gasteiger partial charge in [0.05, 0.1) is 17.2 Å². The Bertz CT molecular complexity index is 1250. The van der Waals surface area contributed by atoms with E-state index in [1.807, 2.05) is 54.8 Å². The van der Waals surface area contributed by atoms with E-state index in [9.17, 15) is 4.79 Å². The van der Waals surface area contributed by atoms with E-state index in [1.54, 1.807) is 22.6 Å². The van der Waals surface area contributed by atoms with Crippen LogP contribution >= 0.6 is 34.7 Å². The zero-order valence-corrected chi connectivity index (χ0v) is 18.8. The first-order valence-electron chi connectivity index (χ1n) is 9.65. The Kier molecular flexibility index (Phi) is 5.52. The molecule has 1 aliphatic rings. The third-order valence-electron chi connectivity index (χ3n) is 5.05. The van der Waals surface area contributed by atoms with Crippen LogP contribution in [0.2, 0.25) is 5.02 Å². The first-order valence-corrected chi connectivity index (χ1v) is 11.8. The van der Waals surface area contributed by atoms with Crippen molar-refractivity contribution in [2.75, 3.05) is 0 Å². The molecule has 0 saturated carbocycles. The lowest BCUT2D eigenvalue weighted by molar-refractivity contribution is -0.132. The molecule has 3 aromatic heterocycles. The number of thioether (sulfide) groups is 1. The van der Waals surface area contributed by atoms with Crippen molar-refractivity contribution in [1.82, 2.24) is 15.0 Å². The summed E-state index contributed by atoms with van der Waals surface area (Å²) < 4.78 is 5.63. The Hall–Kier alpha value is -2.68. The molecule has 1 aliphatic heterocycles. The maximum atomic E-state index is 13.5. The number of halogens is 1. The number of rotatable bonds is 5. The molecular formula is C22H17ClN4O2S2. The van der Waals surface area contributed by atoms with Crippen molar-refractivity contribution in [2.24, 2.45) is 5.10 Å². The first kappa shape index (κ1) is 20.2. The summed E-state index contributed by atoms with van der Waals surface area (Å²) >= 11 is 9.00. The van der Waals surface area contributed by atoms with Crippen molar-refractivity contribution < 1.29 is 9.21 Å². The Morgan fingerprint density at radius 2 is 2.10 bits per heavy atom. The number of nitrogens with zero attached hydrogens (tertiary/aromatic N) is 4. The van der Waals surface area contributed by atoms with Gasteiger partial charge in [-0.3, -0.25) is 4.79 Å². The highest BCUT2D eigenvalue weighted by molar-refractivity contribution is 8.00. The first-order chi connectivity index (χ1) is 15.1. The number of hydrogen-bond acceptors (Lipinski definition) is 7. The molecule has 1 aromatic carbocycles. The third-order valence-corrected chi connectivity index (χ3v) is 7.22. The quantitative estimate of drug-likeness (QED) is 0.273. The van der Waals surface area contributed by atoms with Gasteiger partial charge in [-0.25, -0.2) is 15.0 Å². The van der Waals surface area contributed by atoms with E-state index in [2.05, 4.69) is 9.97 Å². The molecule has 2 unspecified atom stereocenters. The number of hydrazone groups is 1. The van der Waals surface area contributed by atoms with E-state index in [1.165, 1.54) is 18.1 Å². The SMILES string of the molecule is CC(Sc1ncnc2sccc12)C(=O)N1N=C(c2ccc(Cl)cc2)CC1c1ccco1. The Balaban J connectivity index is 1.43. The van der Waals surface area contributed by atoms with Gasteiger partial charge in [0.15, 0.2) is 0 Å². The van der Waals surface area contributed by atoms with Crippen molar-refractivity contribution in [1.29, 1.82) is 0 Å². The molecular weight excluding hydrogens is 452 g/mol. The van der Waals surface area contributed by atoms with Crippen LogP contribution in [0.4, 0.5) is 0 Å². The topological polar surface area (TPSA) is 71.6 Å². The zero-order valence-electron chi connectivity index (χ0n) is 16.4. The lowest BCUT2D eigenvalue weighted by Crippen LogP contribution is -2.33. The van der Waals surface area contributed by atoms with E-state index >= 15 is 0 Å². The van der Waals surface area contributed by atoms with Crippen LogP contribution in [0.3, 0.4) is 0 Å². The molecule has 0 bridgehead atoms. The van der Waals surface area contributed by atoms with Gasteiger partial charge in [-0.1, -0.05) is 35.5 Å². The van der Waals surface area contributed by atoms with Crippen molar-refractivity contribution in [3.8, 4) is 0 Å². The second-order valence-electron chi connectivity index (χ2n) is 7.05. The molecule has 6 nitrogen and oxygen atoms in total. The fourth-order valence-corrected chi connectivity index (χ4v) is 5.36. The van der Waals surface area contributed by atoms with Gasteiger partial charge in [-0.15, -0.1) is 11.3 Å². The number of aromatic nitrogens is 2. The van der Waals surface area contributed by atoms with Crippen molar-refractivity contribution in [3.05, 3.63) is 76.8 Å². The number of furan rings is 1. The molecule has 31 heavy (non-hydrogen) atoms. The molecule has 156 valence electrons. The minimum absolute atomic E-state index is 0.0997. The summed E-state index contributed by atoms with van der Waals surface area (Å²) in [6.45, 7) is 1.88. The largest absolute Gasteiger partial charge is 0.467 e. The summed E-state index contributed by atoms with van der Waals surface area (Å²) in [5, 5.41) is 10.3. The minimum atomic E-state index is -0.385. The monoisotopic (exact) mass is 468 g/mol. The molecule has 0 aliphatic carbocycles. The van der Waals surface area contributed by atoms with Gasteiger partial charge in [-0.2, -0.15) is 5.10 Å². The van der Waals surface area contributed by atoms with Gasteiger partial charge in [-0.05, 0) is 48.2 Å². The normalized spacial score (nSPS) is 17.2. The van der Waals surface area contributed by atoms with Crippen LogP contribution in [0.25, 0.3) is 10.2 Å². The Labute approximate surface area is 191 Å². The molecule has 0 N–H and O–H groups in total. The molecule has 1 amide bonds. The van der Waals surface area contributed by atoms with E-state index < -0.39 is 0 Å². The van der Waals surface area contributed by atoms with Crippen LogP contribution in [-0.4, -0.2) is 31.8 Å². The second kappa shape index (κ2) is 8.45. The van der Waals surface area contributed by atoms with Gasteiger partial charge < -0.3 is 4.42 Å². The zero-order chi connectivity index (χ0) is 21.4. The van der Waals surface area contributed by atoms with Crippen LogP contribution in [0.5, 0.6) is 0 Å². The fourth-order valence-electron chi connectivity index (χ4n) is 3.50. The molecule has 0 saturated heterocycles. The van der Waals surface area contributed by atoms with Gasteiger partial charge >= 0.3 is 0 Å². The number of thiophene rings is 1. The van der Waals surface area contributed by atoms with Gasteiger partial charge in [0.1, 0.15) is 28.0 Å². The van der Waals surface area contributed by atoms with Crippen molar-refractivity contribution in [2.45, 2.75) is 29.7 Å². The highest BCUT2D eigenvalue weighted by Gasteiger charge is 2.37. The van der Waals surface area contributed by atoms with E-state index in [4.69, 9.17) is 21.1 Å². The number of carbonyl (C=O) groups excluding carboxylic acids is 1. The highest BCUT2D eigenvalue weighted by atomic mass is 35.5. The van der Waals surface area contributed by atoms with E-state index in [0.717, 1.165) is 26.5 Å². The standard InChI is InChI=1S/C22H17ClN4O2S2/c1-13(31-21-16-8-10-30-20(16)24-12-25-21)22(28)27-18(19-3-2-9-29-19)11-17(26-27)14-4-6-15(23)7-5-14/h2-10,12-13,18H,11H2,1H3. The number of benzene rings is 1. The number of carbonyl (C=O) groups is 1. The molecule has 5 rings (SSSR count). The average molecular weight is 469 g/mol. The second-order valence-corrected chi connectivity index (χ2v) is 9.71. The van der Waals surface area contributed by atoms with Crippen molar-refractivity contribution in [3.63, 3.8) is 0 Å². The number of fused-ring (bicyclic) bond motifs is 1. The summed E-state index contributed by atoms with van der Waals surface area (Å²) in [5.74, 6) is 0.609. The molecule has 0 fully saturated rings. The van der Waals surface area contributed by atoms with Crippen LogP contribution in [0.1, 0.15) is 30.7 Å². The fraction of sp³-hybridized carbons (Fsp3) is 0.182. The molecule has 0 radical (unpaired) electrons. The third kappa shape index (κ3) is 3.98.